The van der Waals surface area contributed by atoms with E-state index in [2.05, 4.69) is 4.98 Å². The third kappa shape index (κ3) is 2.92. The standard InChI is InChI=1S/C19H17N3O2/c1-24-17-8-3-2-7-15(17)16-10-14(11-22-18(16)20)12-5-4-6-13(9-12)19(21)23/h2-11H,1H3,(H2,20,22)(H2,21,23). The topological polar surface area (TPSA) is 91.2 Å². The number of methoxy groups -OCH3 is 1. The van der Waals surface area contributed by atoms with E-state index in [1.807, 2.05) is 36.4 Å². The van der Waals surface area contributed by atoms with E-state index >= 15 is 0 Å². The van der Waals surface area contributed by atoms with Crippen LogP contribution in [-0.2, 0) is 0 Å². The Bertz CT molecular complexity index is 907. The molecule has 0 aliphatic carbocycles. The van der Waals surface area contributed by atoms with Crippen molar-refractivity contribution in [2.24, 2.45) is 5.73 Å². The van der Waals surface area contributed by atoms with Gasteiger partial charge in [-0.3, -0.25) is 4.79 Å². The molecule has 24 heavy (non-hydrogen) atoms. The van der Waals surface area contributed by atoms with Gasteiger partial charge < -0.3 is 16.2 Å². The SMILES string of the molecule is COc1ccccc1-c1cc(-c2cccc(C(N)=O)c2)cnc1N. The third-order valence-electron chi connectivity index (χ3n) is 3.80. The molecule has 0 aliphatic rings. The van der Waals surface area contributed by atoms with Crippen LogP contribution in [0.4, 0.5) is 5.82 Å². The number of nitrogen functional groups attached to an aromatic ring is 1. The van der Waals surface area contributed by atoms with Gasteiger partial charge in [-0.25, -0.2) is 4.98 Å². The lowest BCUT2D eigenvalue weighted by molar-refractivity contribution is 0.100. The first-order chi connectivity index (χ1) is 11.6. The Hall–Kier alpha value is -3.34. The summed E-state index contributed by atoms with van der Waals surface area (Å²) in [4.78, 5) is 15.7. The van der Waals surface area contributed by atoms with Gasteiger partial charge in [-0.2, -0.15) is 0 Å². The van der Waals surface area contributed by atoms with E-state index in [9.17, 15) is 4.79 Å². The van der Waals surface area contributed by atoms with E-state index < -0.39 is 5.91 Å². The van der Waals surface area contributed by atoms with Gasteiger partial charge in [-0.05, 0) is 29.8 Å². The first kappa shape index (κ1) is 15.6. The van der Waals surface area contributed by atoms with Gasteiger partial charge >= 0.3 is 0 Å². The summed E-state index contributed by atoms with van der Waals surface area (Å²) in [5.74, 6) is 0.661. The molecule has 3 aromatic rings. The summed E-state index contributed by atoms with van der Waals surface area (Å²) >= 11 is 0. The number of para-hydroxylation sites is 1. The highest BCUT2D eigenvalue weighted by Gasteiger charge is 2.12. The second-order valence-corrected chi connectivity index (χ2v) is 5.30. The lowest BCUT2D eigenvalue weighted by Crippen LogP contribution is -2.10. The Morgan fingerprint density at radius 3 is 2.54 bits per heavy atom. The maximum absolute atomic E-state index is 11.4. The van der Waals surface area contributed by atoms with E-state index in [1.54, 1.807) is 31.5 Å². The van der Waals surface area contributed by atoms with Crippen molar-refractivity contribution in [3.8, 4) is 28.0 Å². The molecule has 1 aromatic heterocycles. The highest BCUT2D eigenvalue weighted by Crippen LogP contribution is 2.35. The van der Waals surface area contributed by atoms with Crippen molar-refractivity contribution in [2.75, 3.05) is 12.8 Å². The molecular formula is C19H17N3O2. The van der Waals surface area contributed by atoms with Crippen LogP contribution in [0, 0.1) is 0 Å². The summed E-state index contributed by atoms with van der Waals surface area (Å²) in [5.41, 5.74) is 15.2. The fourth-order valence-corrected chi connectivity index (χ4v) is 2.57. The molecule has 2 aromatic carbocycles. The predicted molar refractivity (Wildman–Crippen MR) is 94.6 cm³/mol. The summed E-state index contributed by atoms with van der Waals surface area (Å²) in [5, 5.41) is 0. The lowest BCUT2D eigenvalue weighted by Gasteiger charge is -2.12. The Morgan fingerprint density at radius 2 is 1.79 bits per heavy atom. The molecular weight excluding hydrogens is 302 g/mol. The van der Waals surface area contributed by atoms with E-state index in [0.29, 0.717) is 17.1 Å². The highest BCUT2D eigenvalue weighted by molar-refractivity contribution is 5.94. The van der Waals surface area contributed by atoms with Crippen molar-refractivity contribution >= 4 is 11.7 Å². The quantitative estimate of drug-likeness (QED) is 0.773. The van der Waals surface area contributed by atoms with Crippen LogP contribution in [0.1, 0.15) is 10.4 Å². The number of nitrogens with two attached hydrogens (primary N) is 2. The summed E-state index contributed by atoms with van der Waals surface area (Å²) in [7, 11) is 1.61. The Labute approximate surface area is 139 Å². The first-order valence-corrected chi connectivity index (χ1v) is 7.39. The summed E-state index contributed by atoms with van der Waals surface area (Å²) in [6.07, 6.45) is 1.67. The third-order valence-corrected chi connectivity index (χ3v) is 3.80. The van der Waals surface area contributed by atoms with Crippen LogP contribution >= 0.6 is 0 Å². The van der Waals surface area contributed by atoms with Crippen molar-refractivity contribution in [3.05, 3.63) is 66.4 Å². The van der Waals surface area contributed by atoms with Gasteiger partial charge in [0.1, 0.15) is 11.6 Å². The van der Waals surface area contributed by atoms with Gasteiger partial charge in [0.2, 0.25) is 5.91 Å². The number of aromatic nitrogens is 1. The minimum atomic E-state index is -0.467. The molecule has 0 unspecified atom stereocenters. The van der Waals surface area contributed by atoms with Gasteiger partial charge in [0.15, 0.2) is 0 Å². The maximum Gasteiger partial charge on any atom is 0.248 e. The van der Waals surface area contributed by atoms with E-state index in [-0.39, 0.29) is 0 Å². The zero-order valence-electron chi connectivity index (χ0n) is 13.2. The van der Waals surface area contributed by atoms with Gasteiger partial charge in [-0.15, -0.1) is 0 Å². The monoisotopic (exact) mass is 319 g/mol. The average molecular weight is 319 g/mol. The fourth-order valence-electron chi connectivity index (χ4n) is 2.57. The molecule has 0 aliphatic heterocycles. The molecule has 0 spiro atoms. The molecule has 5 nitrogen and oxygen atoms in total. The highest BCUT2D eigenvalue weighted by atomic mass is 16.5. The molecule has 120 valence electrons. The summed E-state index contributed by atoms with van der Waals surface area (Å²) < 4.78 is 5.41. The number of primary amides is 1. The first-order valence-electron chi connectivity index (χ1n) is 7.39. The van der Waals surface area contributed by atoms with Crippen molar-refractivity contribution in [1.29, 1.82) is 0 Å². The molecule has 4 N–H and O–H groups in total. The summed E-state index contributed by atoms with van der Waals surface area (Å²) in [6, 6.07) is 16.6. The molecule has 0 bridgehead atoms. The number of anilines is 1. The number of nitrogens with zero attached hydrogens (tertiary/aromatic N) is 1. The van der Waals surface area contributed by atoms with Crippen LogP contribution in [0.3, 0.4) is 0 Å². The van der Waals surface area contributed by atoms with Crippen LogP contribution in [0.5, 0.6) is 5.75 Å². The van der Waals surface area contributed by atoms with Crippen LogP contribution < -0.4 is 16.2 Å². The number of rotatable bonds is 4. The van der Waals surface area contributed by atoms with Gasteiger partial charge in [-0.1, -0.05) is 30.3 Å². The second kappa shape index (κ2) is 6.42. The zero-order chi connectivity index (χ0) is 17.1. The number of amides is 1. The molecule has 0 saturated carbocycles. The summed E-state index contributed by atoms with van der Waals surface area (Å²) in [6.45, 7) is 0. The van der Waals surface area contributed by atoms with Crippen molar-refractivity contribution in [2.45, 2.75) is 0 Å². The Kier molecular flexibility index (Phi) is 4.16. The number of hydrogen-bond donors (Lipinski definition) is 2. The van der Waals surface area contributed by atoms with Crippen molar-refractivity contribution in [1.82, 2.24) is 4.98 Å². The molecule has 0 fully saturated rings. The molecule has 0 atom stereocenters. The van der Waals surface area contributed by atoms with Crippen molar-refractivity contribution in [3.63, 3.8) is 0 Å². The van der Waals surface area contributed by atoms with Crippen LogP contribution in [0.2, 0.25) is 0 Å². The second-order valence-electron chi connectivity index (χ2n) is 5.30. The van der Waals surface area contributed by atoms with Crippen LogP contribution in [-0.4, -0.2) is 18.0 Å². The van der Waals surface area contributed by atoms with Crippen molar-refractivity contribution < 1.29 is 9.53 Å². The Balaban J connectivity index is 2.13. The predicted octanol–water partition coefficient (Wildman–Crippen LogP) is 3.11. The van der Waals surface area contributed by atoms with E-state index in [0.717, 1.165) is 22.3 Å². The average Bonchev–Trinajstić information content (AvgIpc) is 2.62. The number of carbonyl (C=O) groups is 1. The minimum absolute atomic E-state index is 0.411. The fraction of sp³-hybridized carbons (Fsp3) is 0.0526. The smallest absolute Gasteiger partial charge is 0.248 e. The molecule has 1 heterocycles. The normalized spacial score (nSPS) is 10.4. The molecule has 5 heteroatoms. The molecule has 0 saturated heterocycles. The molecule has 0 radical (unpaired) electrons. The van der Waals surface area contributed by atoms with Gasteiger partial charge in [0.05, 0.1) is 7.11 Å². The largest absolute Gasteiger partial charge is 0.496 e. The lowest BCUT2D eigenvalue weighted by atomic mass is 9.99. The maximum atomic E-state index is 11.4. The van der Waals surface area contributed by atoms with E-state index in [1.165, 1.54) is 0 Å². The number of ether oxygens (including phenoxy) is 1. The Morgan fingerprint density at radius 1 is 1.00 bits per heavy atom. The van der Waals surface area contributed by atoms with E-state index in [4.69, 9.17) is 16.2 Å². The van der Waals surface area contributed by atoms with Crippen LogP contribution in [0.25, 0.3) is 22.3 Å². The molecule has 1 amide bonds. The van der Waals surface area contributed by atoms with Gasteiger partial charge in [0, 0.05) is 28.5 Å². The van der Waals surface area contributed by atoms with Crippen LogP contribution in [0.15, 0.2) is 60.8 Å². The van der Waals surface area contributed by atoms with Gasteiger partial charge in [0.25, 0.3) is 0 Å². The molecule has 3 rings (SSSR count). The number of pyridine rings is 1. The minimum Gasteiger partial charge on any atom is -0.496 e. The number of benzene rings is 2. The zero-order valence-corrected chi connectivity index (χ0v) is 13.2. The number of hydrogen-bond acceptors (Lipinski definition) is 4. The number of carbonyl (C=O) groups excluding carboxylic acids is 1.